The van der Waals surface area contributed by atoms with Gasteiger partial charge in [0, 0.05) is 25.8 Å². The van der Waals surface area contributed by atoms with E-state index in [0.717, 1.165) is 31.3 Å². The van der Waals surface area contributed by atoms with Crippen molar-refractivity contribution in [2.75, 3.05) is 0 Å². The Labute approximate surface area is 251 Å². The molecule has 236 valence electrons. The summed E-state index contributed by atoms with van der Waals surface area (Å²) >= 11 is 0. The number of aliphatic hydroxyl groups is 1. The Morgan fingerprint density at radius 2 is 1.67 bits per heavy atom. The van der Waals surface area contributed by atoms with Crippen LogP contribution in [-0.4, -0.2) is 47.8 Å². The largest absolute Gasteiger partial charge is 0.461 e. The Bertz CT molecular complexity index is 1030. The molecule has 1 aliphatic heterocycles. The standard InChI is InChI=1S/C34H52O8/c1-8-10-11-12-13-14-15-16-30(38)41-29-19-23(4)33(7,18-17-22(3)9-2)28-21-26(37)20-27-31(39-24(5)35)42-32(34(27,28)29)40-25(6)36/h9,20,23,26,28-29,31-32,37H,2-3,8,10-19,21H2,1,4-7H3/t23-,26+,28-,29+,31-,32-,33-,34+/m1/s1. The fraction of sp³-hybridized carbons (Fsp3) is 0.735. The van der Waals surface area contributed by atoms with Gasteiger partial charge in [0.05, 0.1) is 6.10 Å². The highest BCUT2D eigenvalue weighted by molar-refractivity contribution is 5.70. The van der Waals surface area contributed by atoms with Crippen LogP contribution in [0.25, 0.3) is 0 Å². The molecule has 1 spiro atoms. The van der Waals surface area contributed by atoms with Crippen molar-refractivity contribution in [1.82, 2.24) is 0 Å². The zero-order valence-electron chi connectivity index (χ0n) is 26.3. The molecule has 1 saturated heterocycles. The second kappa shape index (κ2) is 14.8. The van der Waals surface area contributed by atoms with Gasteiger partial charge < -0.3 is 19.3 Å². The van der Waals surface area contributed by atoms with Crippen LogP contribution in [0.4, 0.5) is 0 Å². The monoisotopic (exact) mass is 588 g/mol. The van der Waals surface area contributed by atoms with E-state index in [9.17, 15) is 19.5 Å². The number of aliphatic hydroxyl groups excluding tert-OH is 1. The molecule has 3 aliphatic rings. The highest BCUT2D eigenvalue weighted by Gasteiger charge is 2.72. The molecule has 1 saturated carbocycles. The minimum Gasteiger partial charge on any atom is -0.461 e. The van der Waals surface area contributed by atoms with Gasteiger partial charge in [-0.15, -0.1) is 0 Å². The molecular weight excluding hydrogens is 536 g/mol. The molecule has 2 aliphatic carbocycles. The van der Waals surface area contributed by atoms with E-state index in [2.05, 4.69) is 33.9 Å². The lowest BCUT2D eigenvalue weighted by atomic mass is 9.45. The molecule has 0 bridgehead atoms. The van der Waals surface area contributed by atoms with Crippen molar-refractivity contribution in [1.29, 1.82) is 0 Å². The summed E-state index contributed by atoms with van der Waals surface area (Å²) in [4.78, 5) is 37.9. The molecule has 8 atom stereocenters. The minimum atomic E-state index is -1.17. The third kappa shape index (κ3) is 7.36. The first-order valence-corrected chi connectivity index (χ1v) is 15.8. The van der Waals surface area contributed by atoms with E-state index in [4.69, 9.17) is 18.9 Å². The van der Waals surface area contributed by atoms with Gasteiger partial charge in [0.25, 0.3) is 0 Å². The van der Waals surface area contributed by atoms with Gasteiger partial charge in [0.15, 0.2) is 0 Å². The first kappa shape index (κ1) is 34.0. The normalized spacial score (nSPS) is 33.5. The number of carbonyl (C=O) groups excluding carboxylic acids is 3. The second-order valence-electron chi connectivity index (χ2n) is 12.8. The van der Waals surface area contributed by atoms with Crippen LogP contribution in [0.3, 0.4) is 0 Å². The van der Waals surface area contributed by atoms with Gasteiger partial charge in [-0.05, 0) is 55.4 Å². The number of hydrogen-bond donors (Lipinski definition) is 1. The molecule has 42 heavy (non-hydrogen) atoms. The van der Waals surface area contributed by atoms with E-state index in [1.807, 2.05) is 0 Å². The van der Waals surface area contributed by atoms with Gasteiger partial charge in [0.2, 0.25) is 12.6 Å². The molecule has 0 radical (unpaired) electrons. The van der Waals surface area contributed by atoms with E-state index in [1.54, 1.807) is 12.2 Å². The number of hydrogen-bond acceptors (Lipinski definition) is 8. The van der Waals surface area contributed by atoms with Crippen molar-refractivity contribution in [3.8, 4) is 0 Å². The maximum absolute atomic E-state index is 13.3. The van der Waals surface area contributed by atoms with Crippen molar-refractivity contribution in [2.24, 2.45) is 22.7 Å². The van der Waals surface area contributed by atoms with E-state index in [1.165, 1.54) is 39.5 Å². The Hall–Kier alpha value is -2.45. The molecular formula is C34H52O8. The molecule has 0 aromatic carbocycles. The fourth-order valence-electron chi connectivity index (χ4n) is 7.50. The Morgan fingerprint density at radius 3 is 2.29 bits per heavy atom. The van der Waals surface area contributed by atoms with E-state index in [0.29, 0.717) is 31.3 Å². The quantitative estimate of drug-likeness (QED) is 0.0739. The first-order valence-electron chi connectivity index (χ1n) is 15.8. The summed E-state index contributed by atoms with van der Waals surface area (Å²) in [6, 6.07) is 0. The SMILES string of the molecule is C=CC(=C)CC[C@]1(C)[C@H](C)C[C@H](OC(=O)CCCCCCCCC)[C@]23C(=C[C@H](O)C[C@H]12)[C@H](OC(C)=O)O[C@H]3OC(C)=O. The van der Waals surface area contributed by atoms with Crippen molar-refractivity contribution >= 4 is 17.9 Å². The van der Waals surface area contributed by atoms with Crippen LogP contribution in [0.5, 0.6) is 0 Å². The number of esters is 3. The summed E-state index contributed by atoms with van der Waals surface area (Å²) in [5.41, 5.74) is -0.106. The maximum Gasteiger partial charge on any atom is 0.306 e. The summed E-state index contributed by atoms with van der Waals surface area (Å²) in [5, 5.41) is 11.1. The Morgan fingerprint density at radius 1 is 1.02 bits per heavy atom. The molecule has 0 unspecified atom stereocenters. The summed E-state index contributed by atoms with van der Waals surface area (Å²) in [6.45, 7) is 17.1. The predicted molar refractivity (Wildman–Crippen MR) is 160 cm³/mol. The van der Waals surface area contributed by atoms with Crippen molar-refractivity contribution in [3.05, 3.63) is 36.5 Å². The molecule has 3 rings (SSSR count). The topological polar surface area (TPSA) is 108 Å². The van der Waals surface area contributed by atoms with Crippen molar-refractivity contribution in [3.63, 3.8) is 0 Å². The zero-order valence-corrected chi connectivity index (χ0v) is 26.3. The highest BCUT2D eigenvalue weighted by atomic mass is 16.8. The molecule has 0 aromatic rings. The van der Waals surface area contributed by atoms with Crippen LogP contribution in [0.2, 0.25) is 0 Å². The van der Waals surface area contributed by atoms with Gasteiger partial charge in [-0.3, -0.25) is 19.1 Å². The third-order valence-electron chi connectivity index (χ3n) is 9.92. The summed E-state index contributed by atoms with van der Waals surface area (Å²) < 4.78 is 23.9. The maximum atomic E-state index is 13.3. The third-order valence-corrected chi connectivity index (χ3v) is 9.92. The Kier molecular flexibility index (Phi) is 12.0. The van der Waals surface area contributed by atoms with Gasteiger partial charge in [-0.25, -0.2) is 0 Å². The molecule has 1 N–H and O–H groups in total. The minimum absolute atomic E-state index is 0.0828. The lowest BCUT2D eigenvalue weighted by Gasteiger charge is -2.60. The van der Waals surface area contributed by atoms with Crippen molar-refractivity contribution in [2.45, 2.75) is 136 Å². The van der Waals surface area contributed by atoms with Crippen LogP contribution in [0.15, 0.2) is 36.5 Å². The number of ether oxygens (including phenoxy) is 4. The van der Waals surface area contributed by atoms with Gasteiger partial charge in [-0.2, -0.15) is 0 Å². The highest BCUT2D eigenvalue weighted by Crippen LogP contribution is 2.67. The molecule has 0 aromatic heterocycles. The van der Waals surface area contributed by atoms with Crippen LogP contribution in [-0.2, 0) is 33.3 Å². The van der Waals surface area contributed by atoms with Gasteiger partial charge >= 0.3 is 17.9 Å². The molecule has 2 fully saturated rings. The molecule has 8 heteroatoms. The number of carbonyl (C=O) groups is 3. The van der Waals surface area contributed by atoms with Gasteiger partial charge in [-0.1, -0.05) is 84.1 Å². The van der Waals surface area contributed by atoms with Crippen molar-refractivity contribution < 1.29 is 38.4 Å². The number of allylic oxidation sites excluding steroid dienone is 2. The first-order chi connectivity index (χ1) is 19.9. The number of unbranched alkanes of at least 4 members (excludes halogenated alkanes) is 6. The summed E-state index contributed by atoms with van der Waals surface area (Å²) in [5.74, 6) is -1.67. The Balaban J connectivity index is 2.00. The number of rotatable bonds is 15. The van der Waals surface area contributed by atoms with Crippen LogP contribution >= 0.6 is 0 Å². The average Bonchev–Trinajstić information content (AvgIpc) is 3.21. The van der Waals surface area contributed by atoms with E-state index < -0.39 is 42.1 Å². The molecule has 0 amide bonds. The van der Waals surface area contributed by atoms with Gasteiger partial charge in [0.1, 0.15) is 11.5 Å². The lowest BCUT2D eigenvalue weighted by molar-refractivity contribution is -0.257. The summed E-state index contributed by atoms with van der Waals surface area (Å²) in [7, 11) is 0. The average molecular weight is 589 g/mol. The van der Waals surface area contributed by atoms with E-state index in [-0.39, 0.29) is 23.2 Å². The smallest absolute Gasteiger partial charge is 0.306 e. The lowest BCUT2D eigenvalue weighted by Crippen LogP contribution is -2.63. The van der Waals surface area contributed by atoms with E-state index >= 15 is 0 Å². The van der Waals surface area contributed by atoms with Crippen LogP contribution in [0.1, 0.15) is 112 Å². The fourth-order valence-corrected chi connectivity index (χ4v) is 7.50. The van der Waals surface area contributed by atoms with Crippen LogP contribution in [0, 0.1) is 22.7 Å². The second-order valence-corrected chi connectivity index (χ2v) is 12.8. The zero-order chi connectivity index (χ0) is 31.1. The molecule has 1 heterocycles. The molecule has 8 nitrogen and oxygen atoms in total. The summed E-state index contributed by atoms with van der Waals surface area (Å²) in [6.07, 6.45) is 9.69. The predicted octanol–water partition coefficient (Wildman–Crippen LogP) is 6.71. The van der Waals surface area contributed by atoms with Crippen LogP contribution < -0.4 is 0 Å².